The predicted octanol–water partition coefficient (Wildman–Crippen LogP) is 3.87. The van der Waals surface area contributed by atoms with Crippen LogP contribution >= 0.6 is 11.3 Å². The van der Waals surface area contributed by atoms with E-state index < -0.39 is 6.61 Å². The minimum Gasteiger partial charge on any atom is -0.435 e. The fourth-order valence-electron chi connectivity index (χ4n) is 1.87. The molecule has 8 heteroatoms. The Bertz CT molecular complexity index is 660. The zero-order valence-electron chi connectivity index (χ0n) is 13.4. The molecule has 0 atom stereocenters. The molecular formula is C16H19F2N3O2S. The predicted molar refractivity (Wildman–Crippen MR) is 88.4 cm³/mol. The summed E-state index contributed by atoms with van der Waals surface area (Å²) < 4.78 is 28.4. The first-order valence-corrected chi connectivity index (χ1v) is 8.31. The first-order valence-electron chi connectivity index (χ1n) is 7.44. The van der Waals surface area contributed by atoms with Crippen LogP contribution in [0.1, 0.15) is 36.0 Å². The summed E-state index contributed by atoms with van der Waals surface area (Å²) in [6, 6.07) is 5.79. The first kappa shape index (κ1) is 18.1. The molecule has 24 heavy (non-hydrogen) atoms. The Kier molecular flexibility index (Phi) is 6.48. The van der Waals surface area contributed by atoms with E-state index in [-0.39, 0.29) is 18.3 Å². The van der Waals surface area contributed by atoms with Gasteiger partial charge < -0.3 is 15.4 Å². The number of hydrogen-bond donors (Lipinski definition) is 2. The molecule has 1 heterocycles. The molecule has 2 amide bonds. The average molecular weight is 355 g/mol. The Morgan fingerprint density at radius 3 is 2.46 bits per heavy atom. The zero-order valence-corrected chi connectivity index (χ0v) is 14.2. The molecule has 0 bridgehead atoms. The maximum atomic E-state index is 12.1. The van der Waals surface area contributed by atoms with E-state index in [1.165, 1.54) is 12.1 Å². The Hall–Kier alpha value is -2.22. The lowest BCUT2D eigenvalue weighted by atomic mass is 10.2. The number of ether oxygens (including phenoxy) is 1. The molecule has 0 spiro atoms. The molecule has 1 aromatic heterocycles. The van der Waals surface area contributed by atoms with E-state index in [2.05, 4.69) is 34.2 Å². The van der Waals surface area contributed by atoms with Crippen LogP contribution in [0.5, 0.6) is 5.75 Å². The van der Waals surface area contributed by atoms with Crippen molar-refractivity contribution in [2.45, 2.75) is 39.5 Å². The third-order valence-corrected chi connectivity index (χ3v) is 4.29. The summed E-state index contributed by atoms with van der Waals surface area (Å²) in [6.07, 6.45) is 0. The highest BCUT2D eigenvalue weighted by molar-refractivity contribution is 7.09. The van der Waals surface area contributed by atoms with Crippen LogP contribution in [-0.2, 0) is 13.1 Å². The quantitative estimate of drug-likeness (QED) is 0.792. The lowest BCUT2D eigenvalue weighted by molar-refractivity contribution is -0.0498. The highest BCUT2D eigenvalue weighted by atomic mass is 32.1. The SMILES string of the molecule is CC(C)c1nc(CNC(=O)NCc2ccc(OC(F)F)cc2)cs1. The minimum absolute atomic E-state index is 0.0858. The molecule has 0 aliphatic rings. The van der Waals surface area contributed by atoms with E-state index in [0.717, 1.165) is 16.3 Å². The molecular weight excluding hydrogens is 336 g/mol. The molecule has 0 radical (unpaired) electrons. The fourth-order valence-corrected chi connectivity index (χ4v) is 2.71. The number of benzene rings is 1. The first-order chi connectivity index (χ1) is 11.4. The number of thiazole rings is 1. The van der Waals surface area contributed by atoms with Gasteiger partial charge in [-0.25, -0.2) is 9.78 Å². The van der Waals surface area contributed by atoms with Crippen LogP contribution in [0.25, 0.3) is 0 Å². The Morgan fingerprint density at radius 1 is 1.21 bits per heavy atom. The number of nitrogens with zero attached hydrogens (tertiary/aromatic N) is 1. The summed E-state index contributed by atoms with van der Waals surface area (Å²) in [7, 11) is 0. The molecule has 0 fully saturated rings. The third kappa shape index (κ3) is 5.77. The van der Waals surface area contributed by atoms with Gasteiger partial charge in [-0.3, -0.25) is 0 Å². The van der Waals surface area contributed by atoms with Gasteiger partial charge in [0.05, 0.1) is 17.2 Å². The lowest BCUT2D eigenvalue weighted by Crippen LogP contribution is -2.34. The van der Waals surface area contributed by atoms with Gasteiger partial charge in [0.15, 0.2) is 0 Å². The number of rotatable bonds is 7. The van der Waals surface area contributed by atoms with Gasteiger partial charge in [-0.2, -0.15) is 8.78 Å². The number of hydrogen-bond acceptors (Lipinski definition) is 4. The Morgan fingerprint density at radius 2 is 1.88 bits per heavy atom. The number of aromatic nitrogens is 1. The number of carbonyl (C=O) groups is 1. The molecule has 0 saturated carbocycles. The van der Waals surface area contributed by atoms with Crippen LogP contribution in [0, 0.1) is 0 Å². The van der Waals surface area contributed by atoms with Crippen molar-refractivity contribution in [3.63, 3.8) is 0 Å². The van der Waals surface area contributed by atoms with Gasteiger partial charge in [0.1, 0.15) is 5.75 Å². The van der Waals surface area contributed by atoms with Crippen molar-refractivity contribution in [2.24, 2.45) is 0 Å². The van der Waals surface area contributed by atoms with Crippen LogP contribution in [0.2, 0.25) is 0 Å². The lowest BCUT2D eigenvalue weighted by Gasteiger charge is -2.08. The average Bonchev–Trinajstić information content (AvgIpc) is 3.01. The second-order valence-electron chi connectivity index (χ2n) is 5.39. The van der Waals surface area contributed by atoms with Crippen molar-refractivity contribution in [3.8, 4) is 5.75 Å². The molecule has 2 aromatic rings. The third-order valence-electron chi connectivity index (χ3n) is 3.10. The van der Waals surface area contributed by atoms with E-state index >= 15 is 0 Å². The zero-order chi connectivity index (χ0) is 17.5. The smallest absolute Gasteiger partial charge is 0.387 e. The molecule has 1 aromatic carbocycles. The van der Waals surface area contributed by atoms with Crippen LogP contribution in [-0.4, -0.2) is 17.6 Å². The highest BCUT2D eigenvalue weighted by Crippen LogP contribution is 2.19. The van der Waals surface area contributed by atoms with E-state index in [0.29, 0.717) is 12.5 Å². The summed E-state index contributed by atoms with van der Waals surface area (Å²) in [5.74, 6) is 0.456. The Labute approximate surface area is 143 Å². The molecule has 0 aliphatic heterocycles. The largest absolute Gasteiger partial charge is 0.435 e. The second-order valence-corrected chi connectivity index (χ2v) is 6.28. The van der Waals surface area contributed by atoms with Gasteiger partial charge in [-0.15, -0.1) is 11.3 Å². The summed E-state index contributed by atoms with van der Waals surface area (Å²) in [6.45, 7) is 1.94. The molecule has 2 rings (SSSR count). The fraction of sp³-hybridized carbons (Fsp3) is 0.375. The van der Waals surface area contributed by atoms with E-state index in [1.54, 1.807) is 23.5 Å². The second kappa shape index (κ2) is 8.58. The standard InChI is InChI=1S/C16H19F2N3O2S/c1-10(2)14-21-12(9-24-14)8-20-16(22)19-7-11-3-5-13(6-4-11)23-15(17)18/h3-6,9-10,15H,7-8H2,1-2H3,(H2,19,20,22). The van der Waals surface area contributed by atoms with E-state index in [1.807, 2.05) is 5.38 Å². The van der Waals surface area contributed by atoms with Crippen LogP contribution in [0.3, 0.4) is 0 Å². The number of urea groups is 1. The van der Waals surface area contributed by atoms with Crippen LogP contribution in [0.4, 0.5) is 13.6 Å². The van der Waals surface area contributed by atoms with Crippen molar-refractivity contribution in [3.05, 3.63) is 45.9 Å². The summed E-state index contributed by atoms with van der Waals surface area (Å²) >= 11 is 1.58. The van der Waals surface area contributed by atoms with E-state index in [4.69, 9.17) is 0 Å². The molecule has 0 saturated heterocycles. The van der Waals surface area contributed by atoms with Gasteiger partial charge in [-0.05, 0) is 17.7 Å². The van der Waals surface area contributed by atoms with Crippen molar-refractivity contribution in [1.82, 2.24) is 15.6 Å². The maximum Gasteiger partial charge on any atom is 0.387 e. The molecule has 130 valence electrons. The molecule has 0 unspecified atom stereocenters. The summed E-state index contributed by atoms with van der Waals surface area (Å²) in [5, 5.41) is 8.39. The number of halogens is 2. The highest BCUT2D eigenvalue weighted by Gasteiger charge is 2.07. The number of amides is 2. The van der Waals surface area contributed by atoms with Crippen LogP contribution < -0.4 is 15.4 Å². The summed E-state index contributed by atoms with van der Waals surface area (Å²) in [5.41, 5.74) is 1.61. The van der Waals surface area contributed by atoms with Gasteiger partial charge in [-0.1, -0.05) is 26.0 Å². The number of alkyl halides is 2. The number of nitrogens with one attached hydrogen (secondary N) is 2. The monoisotopic (exact) mass is 355 g/mol. The summed E-state index contributed by atoms with van der Waals surface area (Å²) in [4.78, 5) is 16.2. The van der Waals surface area contributed by atoms with Crippen molar-refractivity contribution < 1.29 is 18.3 Å². The Balaban J connectivity index is 1.74. The van der Waals surface area contributed by atoms with Gasteiger partial charge in [0.2, 0.25) is 0 Å². The van der Waals surface area contributed by atoms with Gasteiger partial charge in [0.25, 0.3) is 0 Å². The molecule has 2 N–H and O–H groups in total. The van der Waals surface area contributed by atoms with E-state index in [9.17, 15) is 13.6 Å². The minimum atomic E-state index is -2.85. The number of carbonyl (C=O) groups excluding carboxylic acids is 1. The maximum absolute atomic E-state index is 12.1. The normalized spacial score (nSPS) is 10.9. The van der Waals surface area contributed by atoms with Gasteiger partial charge in [0, 0.05) is 17.8 Å². The molecule has 5 nitrogen and oxygen atoms in total. The molecule has 0 aliphatic carbocycles. The van der Waals surface area contributed by atoms with Crippen molar-refractivity contribution >= 4 is 17.4 Å². The van der Waals surface area contributed by atoms with Crippen molar-refractivity contribution in [2.75, 3.05) is 0 Å². The van der Waals surface area contributed by atoms with Gasteiger partial charge >= 0.3 is 12.6 Å². The topological polar surface area (TPSA) is 63.2 Å². The van der Waals surface area contributed by atoms with Crippen LogP contribution in [0.15, 0.2) is 29.6 Å². The van der Waals surface area contributed by atoms with Crippen molar-refractivity contribution in [1.29, 1.82) is 0 Å².